The molecule has 3 rings (SSSR count). The first-order chi connectivity index (χ1) is 11.9. The summed E-state index contributed by atoms with van der Waals surface area (Å²) >= 11 is 7.90. The molecule has 0 amide bonds. The fourth-order valence-corrected chi connectivity index (χ4v) is 4.31. The van der Waals surface area contributed by atoms with Gasteiger partial charge in [0.05, 0.1) is 10.9 Å². The number of halogens is 2. The number of nitrogens with zero attached hydrogens (tertiary/aromatic N) is 3. The van der Waals surface area contributed by atoms with Gasteiger partial charge in [0, 0.05) is 39.6 Å². The molecule has 136 valence electrons. The van der Waals surface area contributed by atoms with E-state index in [2.05, 4.69) is 27.8 Å². The molecule has 1 saturated heterocycles. The van der Waals surface area contributed by atoms with Crippen molar-refractivity contribution in [3.05, 3.63) is 45.7 Å². The number of aromatic nitrogens is 1. The van der Waals surface area contributed by atoms with Crippen molar-refractivity contribution in [1.82, 2.24) is 20.7 Å². The maximum atomic E-state index is 13.2. The Kier molecular flexibility index (Phi) is 5.91. The topological polar surface area (TPSA) is 43.4 Å². The molecule has 0 aliphatic carbocycles. The van der Waals surface area contributed by atoms with Crippen molar-refractivity contribution >= 4 is 28.1 Å². The second-order valence-corrected chi connectivity index (χ2v) is 8.04. The van der Waals surface area contributed by atoms with Crippen LogP contribution in [0, 0.1) is 11.7 Å². The summed E-state index contributed by atoms with van der Waals surface area (Å²) in [5.41, 5.74) is 7.62. The molecule has 1 fully saturated rings. The van der Waals surface area contributed by atoms with Crippen LogP contribution in [0.15, 0.2) is 24.3 Å². The van der Waals surface area contributed by atoms with Gasteiger partial charge in [-0.3, -0.25) is 5.43 Å². The van der Waals surface area contributed by atoms with Gasteiger partial charge in [0.15, 0.2) is 5.13 Å². The van der Waals surface area contributed by atoms with Crippen molar-refractivity contribution in [3.8, 4) is 0 Å². The van der Waals surface area contributed by atoms with Crippen LogP contribution >= 0.6 is 22.9 Å². The fraction of sp³-hybridized carbons (Fsp3) is 0.471. The van der Waals surface area contributed by atoms with Crippen LogP contribution in [0.2, 0.25) is 5.15 Å². The Labute approximate surface area is 156 Å². The van der Waals surface area contributed by atoms with E-state index in [0.29, 0.717) is 11.1 Å². The highest BCUT2D eigenvalue weighted by Gasteiger charge is 2.29. The first-order valence-corrected chi connectivity index (χ1v) is 9.38. The standard InChI is InChI=1S/C17H23ClFN5S/c1-23(2)17-21-16(18)14(25-17)10-24(3)9-12-8-20-22-15(12)11-4-6-13(19)7-5-11/h4-7,12,15,20,22H,8-10H2,1-3H3. The molecule has 2 unspecified atom stereocenters. The zero-order valence-corrected chi connectivity index (χ0v) is 16.2. The molecular weight excluding hydrogens is 361 g/mol. The van der Waals surface area contributed by atoms with Crippen molar-refractivity contribution in [1.29, 1.82) is 0 Å². The average molecular weight is 384 g/mol. The number of nitrogens with one attached hydrogen (secondary N) is 2. The minimum atomic E-state index is -0.208. The van der Waals surface area contributed by atoms with Crippen LogP contribution in [0.1, 0.15) is 16.5 Å². The molecule has 1 aromatic heterocycles. The molecule has 25 heavy (non-hydrogen) atoms. The molecule has 0 spiro atoms. The van der Waals surface area contributed by atoms with Gasteiger partial charge in [0.25, 0.3) is 0 Å². The smallest absolute Gasteiger partial charge is 0.186 e. The van der Waals surface area contributed by atoms with Crippen LogP contribution < -0.4 is 15.8 Å². The van der Waals surface area contributed by atoms with Crippen LogP contribution in [0.5, 0.6) is 0 Å². The second-order valence-electron chi connectivity index (χ2n) is 6.62. The van der Waals surface area contributed by atoms with Crippen molar-refractivity contribution in [2.75, 3.05) is 39.1 Å². The molecule has 1 aliphatic rings. The van der Waals surface area contributed by atoms with Gasteiger partial charge < -0.3 is 9.80 Å². The summed E-state index contributed by atoms with van der Waals surface area (Å²) in [6.07, 6.45) is 0. The van der Waals surface area contributed by atoms with Crippen molar-refractivity contribution < 1.29 is 4.39 Å². The Morgan fingerprint density at radius 2 is 2.00 bits per heavy atom. The normalized spacial score (nSPS) is 20.4. The first-order valence-electron chi connectivity index (χ1n) is 8.19. The fourth-order valence-electron chi connectivity index (χ4n) is 3.05. The van der Waals surface area contributed by atoms with Gasteiger partial charge in [-0.25, -0.2) is 14.8 Å². The molecule has 2 atom stereocenters. The van der Waals surface area contributed by atoms with E-state index >= 15 is 0 Å². The SMILES string of the molecule is CN(Cc1sc(N(C)C)nc1Cl)CC1CNNC1c1ccc(F)cc1. The van der Waals surface area contributed by atoms with E-state index in [9.17, 15) is 4.39 Å². The molecule has 0 saturated carbocycles. The summed E-state index contributed by atoms with van der Waals surface area (Å²) in [4.78, 5) is 9.69. The predicted molar refractivity (Wildman–Crippen MR) is 102 cm³/mol. The zero-order valence-electron chi connectivity index (χ0n) is 14.6. The summed E-state index contributed by atoms with van der Waals surface area (Å²) in [7, 11) is 6.02. The lowest BCUT2D eigenvalue weighted by Crippen LogP contribution is -2.30. The molecule has 1 aromatic carbocycles. The minimum Gasteiger partial charge on any atom is -0.354 e. The zero-order chi connectivity index (χ0) is 18.0. The monoisotopic (exact) mass is 383 g/mol. The van der Waals surface area contributed by atoms with Crippen molar-refractivity contribution in [3.63, 3.8) is 0 Å². The number of thiazole rings is 1. The number of hydrogen-bond acceptors (Lipinski definition) is 6. The molecule has 1 aliphatic heterocycles. The molecular formula is C17H23ClFN5S. The Morgan fingerprint density at radius 3 is 2.64 bits per heavy atom. The average Bonchev–Trinajstić information content (AvgIpc) is 3.16. The van der Waals surface area contributed by atoms with Gasteiger partial charge in [0.2, 0.25) is 0 Å². The maximum Gasteiger partial charge on any atom is 0.186 e. The van der Waals surface area contributed by atoms with Gasteiger partial charge in [-0.2, -0.15) is 0 Å². The third-order valence-corrected chi connectivity index (χ3v) is 5.94. The summed E-state index contributed by atoms with van der Waals surface area (Å²) < 4.78 is 13.2. The lowest BCUT2D eigenvalue weighted by Gasteiger charge is -2.24. The summed E-state index contributed by atoms with van der Waals surface area (Å²) in [6, 6.07) is 6.87. The molecule has 5 nitrogen and oxygen atoms in total. The van der Waals surface area contributed by atoms with Gasteiger partial charge in [-0.05, 0) is 24.7 Å². The van der Waals surface area contributed by atoms with E-state index in [1.807, 2.05) is 31.1 Å². The largest absolute Gasteiger partial charge is 0.354 e. The lowest BCUT2D eigenvalue weighted by atomic mass is 9.94. The summed E-state index contributed by atoms with van der Waals surface area (Å²) in [5, 5.41) is 1.50. The Morgan fingerprint density at radius 1 is 1.28 bits per heavy atom. The molecule has 2 heterocycles. The quantitative estimate of drug-likeness (QED) is 0.803. The molecule has 8 heteroatoms. The number of anilines is 1. The van der Waals surface area contributed by atoms with E-state index in [0.717, 1.165) is 35.2 Å². The molecule has 2 aromatic rings. The lowest BCUT2D eigenvalue weighted by molar-refractivity contribution is 0.264. The highest BCUT2D eigenvalue weighted by Crippen LogP contribution is 2.31. The van der Waals surface area contributed by atoms with Gasteiger partial charge in [0.1, 0.15) is 11.0 Å². The van der Waals surface area contributed by atoms with E-state index in [-0.39, 0.29) is 11.9 Å². The van der Waals surface area contributed by atoms with Crippen LogP contribution in [0.25, 0.3) is 0 Å². The van der Waals surface area contributed by atoms with Gasteiger partial charge in [-0.15, -0.1) is 0 Å². The minimum absolute atomic E-state index is 0.164. The highest BCUT2D eigenvalue weighted by atomic mass is 35.5. The van der Waals surface area contributed by atoms with E-state index in [4.69, 9.17) is 11.6 Å². The van der Waals surface area contributed by atoms with Crippen molar-refractivity contribution in [2.24, 2.45) is 5.92 Å². The maximum absolute atomic E-state index is 13.2. The van der Waals surface area contributed by atoms with E-state index in [1.165, 1.54) is 12.1 Å². The number of hydrogen-bond donors (Lipinski definition) is 2. The van der Waals surface area contributed by atoms with Gasteiger partial charge in [-0.1, -0.05) is 35.1 Å². The summed E-state index contributed by atoms with van der Waals surface area (Å²) in [6.45, 7) is 2.52. The molecule has 2 N–H and O–H groups in total. The Hall–Kier alpha value is -1.25. The number of rotatable bonds is 6. The number of hydrazine groups is 1. The second kappa shape index (κ2) is 7.97. The Balaban J connectivity index is 1.63. The first kappa shape index (κ1) is 18.5. The van der Waals surface area contributed by atoms with Crippen LogP contribution in [0.3, 0.4) is 0 Å². The Bertz CT molecular complexity index is 706. The van der Waals surface area contributed by atoms with E-state index < -0.39 is 0 Å². The van der Waals surface area contributed by atoms with Crippen molar-refractivity contribution in [2.45, 2.75) is 12.6 Å². The van der Waals surface area contributed by atoms with Gasteiger partial charge >= 0.3 is 0 Å². The third kappa shape index (κ3) is 4.48. The van der Waals surface area contributed by atoms with Crippen LogP contribution in [-0.4, -0.2) is 44.1 Å². The summed E-state index contributed by atoms with van der Waals surface area (Å²) in [5.74, 6) is 0.176. The predicted octanol–water partition coefficient (Wildman–Crippen LogP) is 2.90. The molecule has 0 radical (unpaired) electrons. The molecule has 0 bridgehead atoms. The third-order valence-electron chi connectivity index (χ3n) is 4.30. The van der Waals surface area contributed by atoms with Crippen LogP contribution in [-0.2, 0) is 6.54 Å². The van der Waals surface area contributed by atoms with Crippen LogP contribution in [0.4, 0.5) is 9.52 Å². The van der Waals surface area contributed by atoms with E-state index in [1.54, 1.807) is 11.3 Å². The highest BCUT2D eigenvalue weighted by molar-refractivity contribution is 7.16. The number of benzene rings is 1.